The van der Waals surface area contributed by atoms with E-state index in [0.29, 0.717) is 0 Å². The highest BCUT2D eigenvalue weighted by molar-refractivity contribution is 9.10. The predicted octanol–water partition coefficient (Wildman–Crippen LogP) is 2.09. The first-order valence-electron chi connectivity index (χ1n) is 6.59. The Morgan fingerprint density at radius 1 is 1.30 bits per heavy atom. The number of ketones is 1. The van der Waals surface area contributed by atoms with Gasteiger partial charge in [-0.3, -0.25) is 19.1 Å². The van der Waals surface area contributed by atoms with E-state index in [1.54, 1.807) is 24.3 Å². The predicted molar refractivity (Wildman–Crippen MR) is 90.7 cm³/mol. The van der Waals surface area contributed by atoms with Gasteiger partial charge in [0, 0.05) is 11.0 Å². The number of aromatic nitrogens is 2. The van der Waals surface area contributed by atoms with Crippen LogP contribution < -0.4 is 11.2 Å². The van der Waals surface area contributed by atoms with E-state index in [4.69, 9.17) is 0 Å². The van der Waals surface area contributed by atoms with E-state index in [2.05, 4.69) is 22.5 Å². The fraction of sp³-hybridized carbons (Fsp3) is 0.0625. The van der Waals surface area contributed by atoms with Crippen LogP contribution in [0.5, 0.6) is 5.88 Å². The lowest BCUT2D eigenvalue weighted by Gasteiger charge is -2.07. The Kier molecular flexibility index (Phi) is 5.13. The van der Waals surface area contributed by atoms with Gasteiger partial charge in [-0.2, -0.15) is 0 Å². The smallest absolute Gasteiger partial charge is 0.331 e. The van der Waals surface area contributed by atoms with Gasteiger partial charge in [-0.1, -0.05) is 40.2 Å². The van der Waals surface area contributed by atoms with Gasteiger partial charge in [0.1, 0.15) is 5.56 Å². The molecule has 2 N–H and O–H groups in total. The van der Waals surface area contributed by atoms with Gasteiger partial charge in [-0.15, -0.1) is 6.58 Å². The van der Waals surface area contributed by atoms with Crippen LogP contribution in [-0.2, 0) is 6.54 Å². The molecule has 0 atom stereocenters. The normalized spacial score (nSPS) is 10.8. The van der Waals surface area contributed by atoms with Crippen LogP contribution in [0.2, 0.25) is 0 Å². The van der Waals surface area contributed by atoms with Crippen LogP contribution in [0.3, 0.4) is 0 Å². The maximum Gasteiger partial charge on any atom is 0.331 e. The Morgan fingerprint density at radius 3 is 2.57 bits per heavy atom. The Morgan fingerprint density at radius 2 is 1.96 bits per heavy atom. The first-order valence-corrected chi connectivity index (χ1v) is 7.38. The molecule has 2 aromatic rings. The highest BCUT2D eigenvalue weighted by Crippen LogP contribution is 2.14. The van der Waals surface area contributed by atoms with Crippen LogP contribution in [0.15, 0.2) is 57.1 Å². The molecular formula is C16H13BrN2O4. The number of aromatic hydroxyl groups is 1. The van der Waals surface area contributed by atoms with Crippen LogP contribution >= 0.6 is 15.9 Å². The van der Waals surface area contributed by atoms with Crippen LogP contribution in [0, 0.1) is 0 Å². The molecule has 0 fully saturated rings. The minimum atomic E-state index is -0.932. The summed E-state index contributed by atoms with van der Waals surface area (Å²) in [5.74, 6) is -1.38. The molecule has 2 rings (SSSR count). The average Bonchev–Trinajstić information content (AvgIpc) is 2.50. The van der Waals surface area contributed by atoms with Crippen LogP contribution in [0.25, 0.3) is 6.08 Å². The second kappa shape index (κ2) is 7.06. The summed E-state index contributed by atoms with van der Waals surface area (Å²) >= 11 is 3.30. The number of H-pyrrole nitrogens is 1. The van der Waals surface area contributed by atoms with E-state index < -0.39 is 28.5 Å². The van der Waals surface area contributed by atoms with Crippen LogP contribution in [-0.4, -0.2) is 20.4 Å². The molecule has 0 saturated carbocycles. The van der Waals surface area contributed by atoms with Crippen molar-refractivity contribution in [2.45, 2.75) is 6.54 Å². The number of hydrogen-bond acceptors (Lipinski definition) is 4. The van der Waals surface area contributed by atoms with Crippen LogP contribution in [0.4, 0.5) is 0 Å². The summed E-state index contributed by atoms with van der Waals surface area (Å²) in [6.45, 7) is 3.42. The third kappa shape index (κ3) is 3.75. The van der Waals surface area contributed by atoms with Gasteiger partial charge >= 0.3 is 5.69 Å². The largest absolute Gasteiger partial charge is 0.494 e. The number of allylic oxidation sites excluding steroid dienone is 2. The second-order valence-electron chi connectivity index (χ2n) is 4.61. The van der Waals surface area contributed by atoms with Gasteiger partial charge in [0.15, 0.2) is 5.78 Å². The van der Waals surface area contributed by atoms with E-state index in [1.807, 2.05) is 4.98 Å². The van der Waals surface area contributed by atoms with Crippen molar-refractivity contribution >= 4 is 27.8 Å². The summed E-state index contributed by atoms with van der Waals surface area (Å²) in [6, 6.07) is 7.16. The van der Waals surface area contributed by atoms with Gasteiger partial charge in [-0.25, -0.2) is 4.79 Å². The molecular weight excluding hydrogens is 364 g/mol. The Balaban J connectivity index is 2.41. The number of aromatic amines is 1. The molecule has 118 valence electrons. The number of carbonyl (C=O) groups is 1. The van der Waals surface area contributed by atoms with Crippen LogP contribution in [0.1, 0.15) is 15.9 Å². The fourth-order valence-electron chi connectivity index (χ4n) is 1.91. The number of halogens is 1. The van der Waals surface area contributed by atoms with E-state index in [1.165, 1.54) is 12.2 Å². The minimum Gasteiger partial charge on any atom is -0.494 e. The van der Waals surface area contributed by atoms with Crippen molar-refractivity contribution < 1.29 is 9.90 Å². The summed E-state index contributed by atoms with van der Waals surface area (Å²) in [7, 11) is 0. The molecule has 0 aliphatic heterocycles. The third-order valence-electron chi connectivity index (χ3n) is 3.03. The molecule has 0 amide bonds. The topological polar surface area (TPSA) is 92.2 Å². The minimum absolute atomic E-state index is 0.0296. The fourth-order valence-corrected chi connectivity index (χ4v) is 2.17. The zero-order valence-electron chi connectivity index (χ0n) is 12.0. The summed E-state index contributed by atoms with van der Waals surface area (Å²) in [5, 5.41) is 10.0. The van der Waals surface area contributed by atoms with Gasteiger partial charge in [0.2, 0.25) is 5.88 Å². The lowest BCUT2D eigenvalue weighted by Crippen LogP contribution is -2.33. The maximum atomic E-state index is 12.2. The molecule has 23 heavy (non-hydrogen) atoms. The maximum absolute atomic E-state index is 12.2. The Hall–Kier alpha value is -2.67. The number of nitrogens with zero attached hydrogens (tertiary/aromatic N) is 1. The van der Waals surface area contributed by atoms with Crippen molar-refractivity contribution in [1.29, 1.82) is 0 Å². The third-order valence-corrected chi connectivity index (χ3v) is 3.56. The molecule has 0 aliphatic carbocycles. The molecule has 0 unspecified atom stereocenters. The van der Waals surface area contributed by atoms with E-state index in [9.17, 15) is 19.5 Å². The van der Waals surface area contributed by atoms with Crippen molar-refractivity contribution in [3.63, 3.8) is 0 Å². The number of benzene rings is 1. The van der Waals surface area contributed by atoms with Crippen molar-refractivity contribution in [3.8, 4) is 5.88 Å². The average molecular weight is 377 g/mol. The van der Waals surface area contributed by atoms with E-state index in [0.717, 1.165) is 20.7 Å². The lowest BCUT2D eigenvalue weighted by atomic mass is 10.1. The standard InChI is InChI=1S/C16H13BrN2O4/c1-2-9-19-15(22)13(14(21)18-16(19)23)12(20)8-5-10-3-6-11(17)7-4-10/h2-8,22H,1,9H2,(H,18,21,23). The number of nitrogens with one attached hydrogen (secondary N) is 1. The quantitative estimate of drug-likeness (QED) is 0.474. The summed E-state index contributed by atoms with van der Waals surface area (Å²) in [5.41, 5.74) is -1.48. The van der Waals surface area contributed by atoms with Crippen molar-refractivity contribution in [3.05, 3.63) is 79.4 Å². The SMILES string of the molecule is C=CCn1c(O)c(C(=O)C=Cc2ccc(Br)cc2)c(=O)[nH]c1=O. The molecule has 0 saturated heterocycles. The first-order chi connectivity index (χ1) is 10.9. The Bertz CT molecular complexity index is 892. The summed E-state index contributed by atoms with van der Waals surface area (Å²) in [4.78, 5) is 37.6. The Labute approximate surface area is 139 Å². The van der Waals surface area contributed by atoms with Gasteiger partial charge in [0.25, 0.3) is 5.56 Å². The van der Waals surface area contributed by atoms with Crippen molar-refractivity contribution in [1.82, 2.24) is 9.55 Å². The van der Waals surface area contributed by atoms with Gasteiger partial charge in [-0.05, 0) is 23.8 Å². The molecule has 1 heterocycles. The number of rotatable bonds is 5. The molecule has 1 aromatic carbocycles. The molecule has 6 nitrogen and oxygen atoms in total. The number of carbonyl (C=O) groups excluding carboxylic acids is 1. The van der Waals surface area contributed by atoms with Gasteiger partial charge in [0.05, 0.1) is 0 Å². The summed E-state index contributed by atoms with van der Waals surface area (Å²) < 4.78 is 1.75. The number of hydrogen-bond donors (Lipinski definition) is 2. The van der Waals surface area contributed by atoms with Crippen molar-refractivity contribution in [2.75, 3.05) is 0 Å². The van der Waals surface area contributed by atoms with Crippen molar-refractivity contribution in [2.24, 2.45) is 0 Å². The second-order valence-corrected chi connectivity index (χ2v) is 5.52. The lowest BCUT2D eigenvalue weighted by molar-refractivity contribution is 0.104. The molecule has 0 bridgehead atoms. The first kappa shape index (κ1) is 16.7. The zero-order chi connectivity index (χ0) is 17.0. The molecule has 1 aromatic heterocycles. The molecule has 0 spiro atoms. The van der Waals surface area contributed by atoms with E-state index >= 15 is 0 Å². The zero-order valence-corrected chi connectivity index (χ0v) is 13.5. The summed E-state index contributed by atoms with van der Waals surface area (Å²) in [6.07, 6.45) is 4.04. The highest BCUT2D eigenvalue weighted by Gasteiger charge is 2.18. The van der Waals surface area contributed by atoms with E-state index in [-0.39, 0.29) is 6.54 Å². The highest BCUT2D eigenvalue weighted by atomic mass is 79.9. The monoisotopic (exact) mass is 376 g/mol. The molecule has 7 heteroatoms. The molecule has 0 radical (unpaired) electrons. The molecule has 0 aliphatic rings. The van der Waals surface area contributed by atoms with Gasteiger partial charge < -0.3 is 5.11 Å².